The predicted octanol–water partition coefficient (Wildman–Crippen LogP) is -4.66. The van der Waals surface area contributed by atoms with E-state index in [1.165, 1.54) is 12.5 Å². The summed E-state index contributed by atoms with van der Waals surface area (Å²) in [6.45, 7) is -0.783. The first-order valence-electron chi connectivity index (χ1n) is 10.7. The number of nitrogens with two attached hydrogens (primary N) is 3. The topological polar surface area (TPSA) is 301 Å². The summed E-state index contributed by atoms with van der Waals surface area (Å²) in [4.78, 5) is 70.5. The number of imidazole rings is 1. The van der Waals surface area contributed by atoms with Crippen LogP contribution in [0.5, 0.6) is 0 Å². The van der Waals surface area contributed by atoms with Crippen molar-refractivity contribution in [3.63, 3.8) is 0 Å². The highest BCUT2D eigenvalue weighted by molar-refractivity contribution is 5.94. The molecule has 1 rings (SSSR count). The van der Waals surface area contributed by atoms with Crippen LogP contribution in [0.4, 0.5) is 0 Å². The van der Waals surface area contributed by atoms with Crippen LogP contribution in [0.25, 0.3) is 0 Å². The molecule has 0 aliphatic rings. The third-order valence-electron chi connectivity index (χ3n) is 4.72. The average molecular weight is 514 g/mol. The molecule has 0 aliphatic carbocycles. The minimum Gasteiger partial charge on any atom is -0.481 e. The maximum absolute atomic E-state index is 13.0. The Morgan fingerprint density at radius 3 is 2.14 bits per heavy atom. The molecule has 4 atom stereocenters. The summed E-state index contributed by atoms with van der Waals surface area (Å²) in [5.41, 5.74) is 16.5. The maximum atomic E-state index is 13.0. The van der Waals surface area contributed by atoms with Gasteiger partial charge in [0.1, 0.15) is 18.1 Å². The first kappa shape index (κ1) is 29.8. The fourth-order valence-corrected chi connectivity index (χ4v) is 2.89. The van der Waals surface area contributed by atoms with E-state index in [1.54, 1.807) is 0 Å². The number of aromatic amines is 1. The molecule has 1 heterocycles. The van der Waals surface area contributed by atoms with Crippen LogP contribution in [0.1, 0.15) is 25.0 Å². The molecule has 4 unspecified atom stereocenters. The number of hydrogen-bond acceptors (Lipinski definition) is 9. The number of H-pyrrole nitrogens is 1. The van der Waals surface area contributed by atoms with E-state index in [0.29, 0.717) is 5.69 Å². The molecule has 0 saturated heterocycles. The van der Waals surface area contributed by atoms with Crippen molar-refractivity contribution in [2.45, 2.75) is 49.9 Å². The first-order chi connectivity index (χ1) is 16.9. The molecule has 3 amide bonds. The van der Waals surface area contributed by atoms with Crippen molar-refractivity contribution in [1.29, 1.82) is 0 Å². The van der Waals surface area contributed by atoms with Crippen molar-refractivity contribution < 1.29 is 39.3 Å². The quantitative estimate of drug-likeness (QED) is 0.0566. The molecule has 17 heteroatoms. The number of aromatic nitrogens is 2. The molecule has 0 spiro atoms. The Hall–Kier alpha value is -4.25. The fraction of sp³-hybridized carbons (Fsp3) is 0.526. The standard InChI is InChI=1S/C19H31N9O8/c20-10(5-14(30)31)15(32)26-11(2-1-3-24-19(21)22)16(33)27-12(4-9-6-23-8-25-9)17(34)28-13(7-29)18(35)36/h6,8,10-13,29H,1-5,7,20H2,(H,23,25)(H,26,32)(H,27,33)(H,28,34)(H,30,31)(H,35,36)(H4,21,22,24). The summed E-state index contributed by atoms with van der Waals surface area (Å²) in [5, 5.41) is 34.0. The number of rotatable bonds is 16. The Kier molecular flexibility index (Phi) is 12.3. The average Bonchev–Trinajstić information content (AvgIpc) is 3.30. The molecule has 0 aromatic carbocycles. The van der Waals surface area contributed by atoms with Gasteiger partial charge in [-0.2, -0.15) is 0 Å². The minimum atomic E-state index is -1.62. The normalized spacial score (nSPS) is 13.9. The monoisotopic (exact) mass is 513 g/mol. The molecule has 36 heavy (non-hydrogen) atoms. The molecule has 1 aromatic heterocycles. The maximum Gasteiger partial charge on any atom is 0.328 e. The molecule has 1 aromatic rings. The van der Waals surface area contributed by atoms with Crippen LogP contribution in [-0.4, -0.2) is 98.2 Å². The van der Waals surface area contributed by atoms with Crippen molar-refractivity contribution >= 4 is 35.6 Å². The number of carbonyl (C=O) groups excluding carboxylic acids is 3. The molecule has 17 nitrogen and oxygen atoms in total. The second-order valence-electron chi connectivity index (χ2n) is 7.64. The summed E-state index contributed by atoms with van der Waals surface area (Å²) in [7, 11) is 0. The third-order valence-corrected chi connectivity index (χ3v) is 4.72. The Morgan fingerprint density at radius 1 is 1.00 bits per heavy atom. The SMILES string of the molecule is NC(N)=NCCCC(NC(=O)C(N)CC(=O)O)C(=O)NC(Cc1cnc[nH]1)C(=O)NC(CO)C(=O)O. The van der Waals surface area contributed by atoms with E-state index < -0.39 is 66.9 Å². The smallest absolute Gasteiger partial charge is 0.328 e. The van der Waals surface area contributed by atoms with Gasteiger partial charge in [0.05, 0.1) is 25.4 Å². The summed E-state index contributed by atoms with van der Waals surface area (Å²) >= 11 is 0. The first-order valence-corrected chi connectivity index (χ1v) is 10.7. The van der Waals surface area contributed by atoms with E-state index in [9.17, 15) is 29.1 Å². The number of nitrogens with one attached hydrogen (secondary N) is 4. The molecule has 0 radical (unpaired) electrons. The van der Waals surface area contributed by atoms with Crippen LogP contribution in [-0.2, 0) is 30.4 Å². The Labute approximate surface area is 204 Å². The largest absolute Gasteiger partial charge is 0.481 e. The van der Waals surface area contributed by atoms with Gasteiger partial charge in [-0.3, -0.25) is 24.2 Å². The van der Waals surface area contributed by atoms with E-state index in [2.05, 4.69) is 30.9 Å². The van der Waals surface area contributed by atoms with E-state index in [0.717, 1.165) is 0 Å². The minimum absolute atomic E-state index is 0.0130. The summed E-state index contributed by atoms with van der Waals surface area (Å²) in [6, 6.07) is -5.67. The van der Waals surface area contributed by atoms with Crippen molar-refractivity contribution in [3.05, 3.63) is 18.2 Å². The molecule has 0 bridgehead atoms. The molecule has 0 saturated carbocycles. The Balaban J connectivity index is 3.06. The van der Waals surface area contributed by atoms with Gasteiger partial charge in [-0.05, 0) is 12.8 Å². The van der Waals surface area contributed by atoms with Gasteiger partial charge < -0.3 is 53.5 Å². The van der Waals surface area contributed by atoms with E-state index in [4.69, 9.17) is 27.4 Å². The van der Waals surface area contributed by atoms with Crippen LogP contribution in [0.3, 0.4) is 0 Å². The number of aliphatic hydroxyl groups is 1. The summed E-state index contributed by atoms with van der Waals surface area (Å²) < 4.78 is 0. The highest BCUT2D eigenvalue weighted by atomic mass is 16.4. The molecular formula is C19H31N9O8. The van der Waals surface area contributed by atoms with Crippen LogP contribution in [0.2, 0.25) is 0 Å². The van der Waals surface area contributed by atoms with E-state index in [-0.39, 0.29) is 31.8 Å². The molecule has 200 valence electrons. The number of hydrogen-bond donors (Lipinski definition) is 10. The van der Waals surface area contributed by atoms with Crippen LogP contribution >= 0.6 is 0 Å². The molecule has 0 fully saturated rings. The van der Waals surface area contributed by atoms with Crippen molar-refractivity contribution in [3.8, 4) is 0 Å². The highest BCUT2D eigenvalue weighted by Crippen LogP contribution is 2.05. The van der Waals surface area contributed by atoms with Crippen molar-refractivity contribution in [1.82, 2.24) is 25.9 Å². The zero-order valence-corrected chi connectivity index (χ0v) is 19.2. The van der Waals surface area contributed by atoms with Crippen molar-refractivity contribution in [2.75, 3.05) is 13.2 Å². The third kappa shape index (κ3) is 10.8. The van der Waals surface area contributed by atoms with Gasteiger partial charge >= 0.3 is 11.9 Å². The van der Waals surface area contributed by atoms with Crippen molar-refractivity contribution in [2.24, 2.45) is 22.2 Å². The predicted molar refractivity (Wildman–Crippen MR) is 123 cm³/mol. The van der Waals surface area contributed by atoms with E-state index >= 15 is 0 Å². The number of aliphatic hydroxyl groups excluding tert-OH is 1. The van der Waals surface area contributed by atoms with Crippen LogP contribution in [0.15, 0.2) is 17.5 Å². The Bertz CT molecular complexity index is 933. The van der Waals surface area contributed by atoms with Gasteiger partial charge in [0, 0.05) is 24.9 Å². The van der Waals surface area contributed by atoms with Gasteiger partial charge in [0.2, 0.25) is 17.7 Å². The lowest BCUT2D eigenvalue weighted by molar-refractivity contribution is -0.143. The number of carbonyl (C=O) groups is 5. The number of carboxylic acids is 2. The fourth-order valence-electron chi connectivity index (χ4n) is 2.89. The lowest BCUT2D eigenvalue weighted by Crippen LogP contribution is -2.58. The van der Waals surface area contributed by atoms with Gasteiger partial charge in [-0.1, -0.05) is 0 Å². The lowest BCUT2D eigenvalue weighted by Gasteiger charge is -2.24. The van der Waals surface area contributed by atoms with Crippen LogP contribution in [0, 0.1) is 0 Å². The van der Waals surface area contributed by atoms with Gasteiger partial charge in [-0.25, -0.2) is 9.78 Å². The zero-order chi connectivity index (χ0) is 27.3. The second-order valence-corrected chi connectivity index (χ2v) is 7.64. The second kappa shape index (κ2) is 14.9. The van der Waals surface area contributed by atoms with Gasteiger partial charge in [0.25, 0.3) is 0 Å². The zero-order valence-electron chi connectivity index (χ0n) is 19.2. The summed E-state index contributed by atoms with van der Waals surface area (Å²) in [6.07, 6.45) is 2.09. The highest BCUT2D eigenvalue weighted by Gasteiger charge is 2.30. The van der Waals surface area contributed by atoms with Crippen LogP contribution < -0.4 is 33.2 Å². The number of aliphatic imine (C=N–C) groups is 1. The number of guanidine groups is 1. The summed E-state index contributed by atoms with van der Waals surface area (Å²) in [5.74, 6) is -5.68. The molecule has 0 aliphatic heterocycles. The molecular weight excluding hydrogens is 482 g/mol. The molecule has 13 N–H and O–H groups in total. The van der Waals surface area contributed by atoms with Gasteiger partial charge in [-0.15, -0.1) is 0 Å². The number of aliphatic carboxylic acids is 2. The van der Waals surface area contributed by atoms with Gasteiger partial charge in [0.15, 0.2) is 5.96 Å². The van der Waals surface area contributed by atoms with E-state index in [1.807, 2.05) is 0 Å². The number of carboxylic acid groups (broad SMARTS) is 2. The Morgan fingerprint density at radius 2 is 1.61 bits per heavy atom. The number of nitrogens with zero attached hydrogens (tertiary/aromatic N) is 2. The number of amides is 3. The lowest BCUT2D eigenvalue weighted by atomic mass is 10.1.